The lowest BCUT2D eigenvalue weighted by Crippen LogP contribution is -2.19. The number of aromatic nitrogens is 3. The van der Waals surface area contributed by atoms with Crippen molar-refractivity contribution in [3.8, 4) is 0 Å². The first-order valence-electron chi connectivity index (χ1n) is 10.1. The standard InChI is InChI=1S/C23H15BrF5N5O2/c1-10-19(20(23(27,28)29)33-34(10)9-11-2-4-13(25)7-16(11)26)32-22(36)15-8-18(21(30)35)31-17-5-3-12(24)6-14(15)17/h2-8H,9H2,1H3,(H2,30,35)(H,32,36). The van der Waals surface area contributed by atoms with E-state index in [1.165, 1.54) is 19.1 Å². The van der Waals surface area contributed by atoms with Crippen LogP contribution in [0.25, 0.3) is 10.9 Å². The van der Waals surface area contributed by atoms with Crippen molar-refractivity contribution in [3.05, 3.63) is 86.8 Å². The van der Waals surface area contributed by atoms with Gasteiger partial charge in [0.2, 0.25) is 0 Å². The lowest BCUT2D eigenvalue weighted by molar-refractivity contribution is -0.140. The number of rotatable bonds is 5. The number of nitrogens with two attached hydrogens (primary N) is 1. The van der Waals surface area contributed by atoms with Crippen LogP contribution in [0.1, 0.15) is 37.8 Å². The number of anilines is 1. The van der Waals surface area contributed by atoms with Crippen molar-refractivity contribution in [1.82, 2.24) is 14.8 Å². The van der Waals surface area contributed by atoms with E-state index in [1.54, 1.807) is 6.07 Å². The Morgan fingerprint density at radius 1 is 1.11 bits per heavy atom. The molecule has 2 aromatic heterocycles. The monoisotopic (exact) mass is 567 g/mol. The smallest absolute Gasteiger partial charge is 0.364 e. The Balaban J connectivity index is 1.79. The number of nitrogens with zero attached hydrogens (tertiary/aromatic N) is 3. The number of benzene rings is 2. The number of carbonyl (C=O) groups excluding carboxylic acids is 2. The molecule has 0 bridgehead atoms. The summed E-state index contributed by atoms with van der Waals surface area (Å²) in [6.07, 6.45) is -4.97. The lowest BCUT2D eigenvalue weighted by Gasteiger charge is -2.12. The number of amides is 2. The molecular weight excluding hydrogens is 553 g/mol. The van der Waals surface area contributed by atoms with Crippen molar-refractivity contribution in [2.45, 2.75) is 19.6 Å². The van der Waals surface area contributed by atoms with Gasteiger partial charge in [0.15, 0.2) is 5.69 Å². The fourth-order valence-electron chi connectivity index (χ4n) is 3.55. The zero-order chi connectivity index (χ0) is 26.4. The zero-order valence-electron chi connectivity index (χ0n) is 18.3. The minimum atomic E-state index is -4.97. The second-order valence-electron chi connectivity index (χ2n) is 7.74. The Hall–Kier alpha value is -3.87. The molecule has 4 rings (SSSR count). The fourth-order valence-corrected chi connectivity index (χ4v) is 3.91. The molecule has 7 nitrogen and oxygen atoms in total. The van der Waals surface area contributed by atoms with E-state index in [1.807, 2.05) is 0 Å². The lowest BCUT2D eigenvalue weighted by atomic mass is 10.1. The second-order valence-corrected chi connectivity index (χ2v) is 8.65. The number of halogens is 6. The average molecular weight is 568 g/mol. The number of primary amides is 1. The highest BCUT2D eigenvalue weighted by Crippen LogP contribution is 2.36. The molecule has 2 amide bonds. The summed E-state index contributed by atoms with van der Waals surface area (Å²) in [7, 11) is 0. The Morgan fingerprint density at radius 2 is 1.83 bits per heavy atom. The third-order valence-corrected chi connectivity index (χ3v) is 5.81. The van der Waals surface area contributed by atoms with Crippen LogP contribution in [0.3, 0.4) is 0 Å². The van der Waals surface area contributed by atoms with Crippen LogP contribution in [-0.2, 0) is 12.7 Å². The summed E-state index contributed by atoms with van der Waals surface area (Å²) in [4.78, 5) is 29.0. The van der Waals surface area contributed by atoms with Crippen molar-refractivity contribution < 1.29 is 31.5 Å². The Bertz CT molecular complexity index is 1530. The molecule has 0 aliphatic heterocycles. The van der Waals surface area contributed by atoms with Crippen LogP contribution in [0.15, 0.2) is 46.9 Å². The molecule has 0 aliphatic carbocycles. The van der Waals surface area contributed by atoms with Gasteiger partial charge in [0.25, 0.3) is 11.8 Å². The van der Waals surface area contributed by atoms with Gasteiger partial charge in [-0.1, -0.05) is 22.0 Å². The topological polar surface area (TPSA) is 103 Å². The zero-order valence-corrected chi connectivity index (χ0v) is 19.8. The molecule has 36 heavy (non-hydrogen) atoms. The van der Waals surface area contributed by atoms with Gasteiger partial charge in [-0.25, -0.2) is 13.8 Å². The van der Waals surface area contributed by atoms with Crippen molar-refractivity contribution in [1.29, 1.82) is 0 Å². The van der Waals surface area contributed by atoms with Crippen LogP contribution in [0.5, 0.6) is 0 Å². The van der Waals surface area contributed by atoms with Crippen molar-refractivity contribution in [3.63, 3.8) is 0 Å². The van der Waals surface area contributed by atoms with Gasteiger partial charge in [0, 0.05) is 21.5 Å². The van der Waals surface area contributed by atoms with E-state index in [-0.39, 0.29) is 33.4 Å². The third kappa shape index (κ3) is 4.91. The van der Waals surface area contributed by atoms with Gasteiger partial charge in [-0.15, -0.1) is 0 Å². The number of carbonyl (C=O) groups is 2. The number of hydrogen-bond acceptors (Lipinski definition) is 4. The summed E-state index contributed by atoms with van der Waals surface area (Å²) in [6, 6.07) is 8.35. The molecule has 186 valence electrons. The van der Waals surface area contributed by atoms with Gasteiger partial charge in [-0.3, -0.25) is 14.3 Å². The Kier molecular flexibility index (Phi) is 6.52. The van der Waals surface area contributed by atoms with Gasteiger partial charge in [0.1, 0.15) is 17.3 Å². The molecule has 2 aromatic carbocycles. The summed E-state index contributed by atoms with van der Waals surface area (Å²) in [5.74, 6) is -3.72. The number of alkyl halides is 3. The van der Waals surface area contributed by atoms with Gasteiger partial charge in [-0.05, 0) is 37.3 Å². The minimum Gasteiger partial charge on any atom is -0.364 e. The summed E-state index contributed by atoms with van der Waals surface area (Å²) >= 11 is 3.26. The largest absolute Gasteiger partial charge is 0.437 e. The van der Waals surface area contributed by atoms with Crippen LogP contribution >= 0.6 is 15.9 Å². The van der Waals surface area contributed by atoms with Gasteiger partial charge < -0.3 is 11.1 Å². The summed E-state index contributed by atoms with van der Waals surface area (Å²) in [6.45, 7) is 0.809. The average Bonchev–Trinajstić information content (AvgIpc) is 3.10. The number of pyridine rings is 1. The fraction of sp³-hybridized carbons (Fsp3) is 0.130. The highest BCUT2D eigenvalue weighted by molar-refractivity contribution is 9.10. The molecule has 0 fully saturated rings. The molecule has 0 saturated heterocycles. The Labute approximate surface area is 208 Å². The highest BCUT2D eigenvalue weighted by atomic mass is 79.9. The van der Waals surface area contributed by atoms with Gasteiger partial charge in [0.05, 0.1) is 29.0 Å². The summed E-state index contributed by atoms with van der Waals surface area (Å²) in [5, 5.41) is 6.00. The first kappa shape index (κ1) is 25.2. The molecule has 3 N–H and O–H groups in total. The van der Waals surface area contributed by atoms with Crippen molar-refractivity contribution >= 4 is 44.3 Å². The maximum Gasteiger partial charge on any atom is 0.437 e. The minimum absolute atomic E-state index is 0.107. The van der Waals surface area contributed by atoms with Crippen molar-refractivity contribution in [2.24, 2.45) is 5.73 Å². The molecule has 0 aliphatic rings. The molecule has 0 saturated carbocycles. The van der Waals surface area contributed by atoms with E-state index in [4.69, 9.17) is 5.73 Å². The second kappa shape index (κ2) is 9.30. The molecular formula is C23H15BrF5N5O2. The van der Waals surface area contributed by atoms with E-state index in [2.05, 4.69) is 31.3 Å². The first-order valence-corrected chi connectivity index (χ1v) is 10.9. The predicted molar refractivity (Wildman–Crippen MR) is 123 cm³/mol. The maximum atomic E-state index is 14.1. The molecule has 4 aromatic rings. The molecule has 13 heteroatoms. The van der Waals surface area contributed by atoms with E-state index < -0.39 is 47.6 Å². The predicted octanol–water partition coefficient (Wildman–Crippen LogP) is 5.20. The van der Waals surface area contributed by atoms with Crippen LogP contribution in [0, 0.1) is 18.6 Å². The molecule has 2 heterocycles. The number of hydrogen-bond donors (Lipinski definition) is 2. The number of fused-ring (bicyclic) bond motifs is 1. The van der Waals surface area contributed by atoms with Gasteiger partial charge >= 0.3 is 6.18 Å². The third-order valence-electron chi connectivity index (χ3n) is 5.32. The summed E-state index contributed by atoms with van der Waals surface area (Å²) in [5.41, 5.74) is 2.80. The molecule has 0 radical (unpaired) electrons. The van der Waals surface area contributed by atoms with E-state index >= 15 is 0 Å². The van der Waals surface area contributed by atoms with Gasteiger partial charge in [-0.2, -0.15) is 18.3 Å². The van der Waals surface area contributed by atoms with Crippen LogP contribution in [0.2, 0.25) is 0 Å². The Morgan fingerprint density at radius 3 is 2.47 bits per heavy atom. The molecule has 0 unspecified atom stereocenters. The van der Waals surface area contributed by atoms with Crippen LogP contribution < -0.4 is 11.1 Å². The van der Waals surface area contributed by atoms with E-state index in [0.717, 1.165) is 22.9 Å². The van der Waals surface area contributed by atoms with Crippen molar-refractivity contribution in [2.75, 3.05) is 5.32 Å². The van der Waals surface area contributed by atoms with Crippen LogP contribution in [0.4, 0.5) is 27.6 Å². The summed E-state index contributed by atoms with van der Waals surface area (Å²) < 4.78 is 70.2. The SMILES string of the molecule is Cc1c(NC(=O)c2cc(C(N)=O)nc3ccc(Br)cc23)c(C(F)(F)F)nn1Cc1ccc(F)cc1F. The van der Waals surface area contributed by atoms with Crippen LogP contribution in [-0.4, -0.2) is 26.6 Å². The quantitative estimate of drug-likeness (QED) is 0.323. The first-order chi connectivity index (χ1) is 16.8. The molecule has 0 atom stereocenters. The van der Waals surface area contributed by atoms with E-state index in [0.29, 0.717) is 10.5 Å². The van der Waals surface area contributed by atoms with E-state index in [9.17, 15) is 31.5 Å². The number of nitrogens with one attached hydrogen (secondary N) is 1. The molecule has 0 spiro atoms. The highest BCUT2D eigenvalue weighted by Gasteiger charge is 2.39. The maximum absolute atomic E-state index is 14.1. The normalized spacial score (nSPS) is 11.6.